The van der Waals surface area contributed by atoms with Crippen molar-refractivity contribution in [1.82, 2.24) is 20.4 Å². The molecule has 3 fully saturated rings. The summed E-state index contributed by atoms with van der Waals surface area (Å²) in [4.78, 5) is 29.0. The van der Waals surface area contributed by atoms with Gasteiger partial charge < -0.3 is 25.2 Å². The van der Waals surface area contributed by atoms with Crippen molar-refractivity contribution in [2.24, 2.45) is 11.3 Å². The second-order valence-electron chi connectivity index (χ2n) is 8.14. The molecule has 3 aliphatic rings. The van der Waals surface area contributed by atoms with Gasteiger partial charge >= 0.3 is 6.03 Å². The molecular weight excluding hydrogens is 368 g/mol. The number of hydrogen-bond donors (Lipinski definition) is 2. The quantitative estimate of drug-likeness (QED) is 0.730. The van der Waals surface area contributed by atoms with Gasteiger partial charge in [0.05, 0.1) is 6.61 Å². The summed E-state index contributed by atoms with van der Waals surface area (Å²) >= 11 is 0. The lowest BCUT2D eigenvalue weighted by Crippen LogP contribution is -2.50. The number of ether oxygens (including phenoxy) is 1. The molecule has 0 bridgehead atoms. The lowest BCUT2D eigenvalue weighted by atomic mass is 9.79. The van der Waals surface area contributed by atoms with Crippen LogP contribution < -0.4 is 10.6 Å². The van der Waals surface area contributed by atoms with Crippen LogP contribution in [-0.2, 0) is 9.53 Å². The molecule has 3 amide bonds. The van der Waals surface area contributed by atoms with E-state index in [1.54, 1.807) is 7.11 Å². The van der Waals surface area contributed by atoms with Crippen molar-refractivity contribution in [2.45, 2.75) is 38.5 Å². The van der Waals surface area contributed by atoms with Crippen molar-refractivity contribution in [3.8, 4) is 0 Å². The smallest absolute Gasteiger partial charge is 0.319 e. The van der Waals surface area contributed by atoms with Crippen LogP contribution in [0.4, 0.5) is 4.79 Å². The van der Waals surface area contributed by atoms with E-state index in [4.69, 9.17) is 4.74 Å². The van der Waals surface area contributed by atoms with E-state index < -0.39 is 0 Å². The summed E-state index contributed by atoms with van der Waals surface area (Å²) in [6.07, 6.45) is 5.83. The van der Waals surface area contributed by atoms with Crippen molar-refractivity contribution >= 4 is 24.3 Å². The molecule has 0 aromatic rings. The predicted octanol–water partition coefficient (Wildman–Crippen LogP) is 1.47. The zero-order valence-corrected chi connectivity index (χ0v) is 17.3. The van der Waals surface area contributed by atoms with Crippen LogP contribution >= 0.6 is 12.4 Å². The van der Waals surface area contributed by atoms with Crippen LogP contribution in [0.2, 0.25) is 0 Å². The third-order valence-corrected chi connectivity index (χ3v) is 6.27. The van der Waals surface area contributed by atoms with Crippen molar-refractivity contribution in [1.29, 1.82) is 0 Å². The predicted molar refractivity (Wildman–Crippen MR) is 107 cm³/mol. The van der Waals surface area contributed by atoms with Crippen LogP contribution in [0.5, 0.6) is 0 Å². The largest absolute Gasteiger partial charge is 0.384 e. The van der Waals surface area contributed by atoms with Gasteiger partial charge in [0.15, 0.2) is 0 Å². The Bertz CT molecular complexity index is 480. The highest BCUT2D eigenvalue weighted by molar-refractivity contribution is 5.85. The molecule has 0 aromatic carbocycles. The summed E-state index contributed by atoms with van der Waals surface area (Å²) in [7, 11) is 1.73. The number of halogens is 1. The highest BCUT2D eigenvalue weighted by Gasteiger charge is 2.34. The van der Waals surface area contributed by atoms with E-state index in [0.717, 1.165) is 64.7 Å². The van der Waals surface area contributed by atoms with Gasteiger partial charge in [-0.25, -0.2) is 4.79 Å². The summed E-state index contributed by atoms with van der Waals surface area (Å²) in [6, 6.07) is 0.162. The average molecular weight is 403 g/mol. The van der Waals surface area contributed by atoms with Gasteiger partial charge in [0.25, 0.3) is 0 Å². The molecule has 0 aromatic heterocycles. The Hall–Kier alpha value is -1.05. The molecule has 3 saturated heterocycles. The number of nitrogens with zero attached hydrogens (tertiary/aromatic N) is 2. The van der Waals surface area contributed by atoms with E-state index in [0.29, 0.717) is 26.2 Å². The molecule has 0 saturated carbocycles. The number of likely N-dealkylation sites (tertiary alicyclic amines) is 2. The second kappa shape index (κ2) is 10.5. The molecule has 3 heterocycles. The van der Waals surface area contributed by atoms with Crippen molar-refractivity contribution in [3.63, 3.8) is 0 Å². The first-order valence-corrected chi connectivity index (χ1v) is 10.1. The number of urea groups is 1. The fraction of sp³-hybridized carbons (Fsp3) is 0.895. The number of amides is 3. The van der Waals surface area contributed by atoms with Crippen LogP contribution in [0.1, 0.15) is 38.5 Å². The van der Waals surface area contributed by atoms with Gasteiger partial charge in [-0.3, -0.25) is 4.79 Å². The maximum absolute atomic E-state index is 12.6. The van der Waals surface area contributed by atoms with Gasteiger partial charge in [0.2, 0.25) is 5.91 Å². The Labute approximate surface area is 168 Å². The number of carbonyl (C=O) groups excluding carboxylic acids is 2. The van der Waals surface area contributed by atoms with Gasteiger partial charge in [-0.05, 0) is 51.6 Å². The SMILES string of the molecule is COCC1(CNC(=O)C2CCN(C(=O)N3CCCC3)CC2)CCNCC1.Cl. The zero-order chi connectivity index (χ0) is 18.4. The maximum atomic E-state index is 12.6. The third kappa shape index (κ3) is 5.72. The fourth-order valence-electron chi connectivity index (χ4n) is 4.50. The molecule has 3 rings (SSSR count). The summed E-state index contributed by atoms with van der Waals surface area (Å²) in [5.41, 5.74) is 0.0576. The highest BCUT2D eigenvalue weighted by atomic mass is 35.5. The van der Waals surface area contributed by atoms with Gasteiger partial charge in [-0.2, -0.15) is 0 Å². The summed E-state index contributed by atoms with van der Waals surface area (Å²) < 4.78 is 5.42. The Morgan fingerprint density at radius 2 is 1.67 bits per heavy atom. The van der Waals surface area contributed by atoms with Crippen molar-refractivity contribution in [2.75, 3.05) is 59.5 Å². The molecule has 3 aliphatic heterocycles. The van der Waals surface area contributed by atoms with Gasteiger partial charge in [-0.1, -0.05) is 0 Å². The minimum Gasteiger partial charge on any atom is -0.384 e. The lowest BCUT2D eigenvalue weighted by molar-refractivity contribution is -0.127. The first-order chi connectivity index (χ1) is 12.6. The minimum atomic E-state index is 0. The number of hydrogen-bond acceptors (Lipinski definition) is 4. The Balaban J connectivity index is 0.00000261. The van der Waals surface area contributed by atoms with Crippen LogP contribution in [0.25, 0.3) is 0 Å². The van der Waals surface area contributed by atoms with E-state index in [2.05, 4.69) is 10.6 Å². The summed E-state index contributed by atoms with van der Waals surface area (Å²) in [6.45, 7) is 6.50. The molecule has 0 unspecified atom stereocenters. The van der Waals surface area contributed by atoms with E-state index in [-0.39, 0.29) is 35.7 Å². The molecule has 2 N–H and O–H groups in total. The summed E-state index contributed by atoms with van der Waals surface area (Å²) in [5.74, 6) is 0.172. The molecule has 27 heavy (non-hydrogen) atoms. The van der Waals surface area contributed by atoms with Crippen molar-refractivity contribution < 1.29 is 14.3 Å². The Morgan fingerprint density at radius 1 is 1.07 bits per heavy atom. The van der Waals surface area contributed by atoms with Gasteiger partial charge in [0.1, 0.15) is 0 Å². The Kier molecular flexibility index (Phi) is 8.63. The highest BCUT2D eigenvalue weighted by Crippen LogP contribution is 2.29. The first-order valence-electron chi connectivity index (χ1n) is 10.1. The van der Waals surface area contributed by atoms with E-state index in [1.165, 1.54) is 0 Å². The van der Waals surface area contributed by atoms with E-state index in [1.807, 2.05) is 9.80 Å². The Morgan fingerprint density at radius 3 is 2.26 bits per heavy atom. The number of rotatable bonds is 5. The number of nitrogens with one attached hydrogen (secondary N) is 2. The first kappa shape index (κ1) is 22.2. The van der Waals surface area contributed by atoms with Gasteiger partial charge in [-0.15, -0.1) is 12.4 Å². The molecule has 0 atom stereocenters. The molecule has 0 aliphatic carbocycles. The molecule has 0 radical (unpaired) electrons. The van der Waals surface area contributed by atoms with Gasteiger partial charge in [0, 0.05) is 51.2 Å². The third-order valence-electron chi connectivity index (χ3n) is 6.27. The second-order valence-corrected chi connectivity index (χ2v) is 8.14. The van der Waals surface area contributed by atoms with Crippen LogP contribution in [0.3, 0.4) is 0 Å². The van der Waals surface area contributed by atoms with Crippen LogP contribution in [-0.4, -0.2) is 81.3 Å². The molecule has 7 nitrogen and oxygen atoms in total. The van der Waals surface area contributed by atoms with Crippen LogP contribution in [0.15, 0.2) is 0 Å². The molecular formula is C19H35ClN4O3. The molecule has 0 spiro atoms. The average Bonchev–Trinajstić information content (AvgIpc) is 3.21. The zero-order valence-electron chi connectivity index (χ0n) is 16.5. The monoisotopic (exact) mass is 402 g/mol. The fourth-order valence-corrected chi connectivity index (χ4v) is 4.50. The molecule has 8 heteroatoms. The minimum absolute atomic E-state index is 0. The standard InChI is InChI=1S/C19H34N4O3.ClH/c1-26-15-19(6-8-20-9-7-19)14-21-17(24)16-4-12-23(13-5-16)18(25)22-10-2-3-11-22;/h16,20H,2-15H2,1H3,(H,21,24);1H. The lowest BCUT2D eigenvalue weighted by Gasteiger charge is -2.38. The summed E-state index contributed by atoms with van der Waals surface area (Å²) in [5, 5.41) is 6.56. The van der Waals surface area contributed by atoms with Crippen LogP contribution in [0, 0.1) is 11.3 Å². The maximum Gasteiger partial charge on any atom is 0.319 e. The molecule has 156 valence electrons. The van der Waals surface area contributed by atoms with E-state index >= 15 is 0 Å². The number of methoxy groups -OCH3 is 1. The number of carbonyl (C=O) groups is 2. The van der Waals surface area contributed by atoms with Crippen molar-refractivity contribution in [3.05, 3.63) is 0 Å². The topological polar surface area (TPSA) is 73.9 Å². The normalized spacial score (nSPS) is 23.0. The van der Waals surface area contributed by atoms with E-state index in [9.17, 15) is 9.59 Å². The number of piperidine rings is 2.